The predicted molar refractivity (Wildman–Crippen MR) is 152 cm³/mol. The van der Waals surface area contributed by atoms with E-state index >= 15 is 0 Å². The Labute approximate surface area is 247 Å². The second-order valence-corrected chi connectivity index (χ2v) is 11.0. The minimum Gasteiger partial charge on any atom is -0.337 e. The fourth-order valence-corrected chi connectivity index (χ4v) is 5.20. The van der Waals surface area contributed by atoms with Gasteiger partial charge in [0.1, 0.15) is 0 Å². The van der Waals surface area contributed by atoms with E-state index in [1.807, 2.05) is 42.8 Å². The summed E-state index contributed by atoms with van der Waals surface area (Å²) in [4.78, 5) is 12.2. The number of benzene rings is 3. The van der Waals surface area contributed by atoms with Gasteiger partial charge in [-0.3, -0.25) is 0 Å². The Hall–Kier alpha value is -2.91. The largest absolute Gasteiger partial charge is 0.337 e. The second-order valence-electron chi connectivity index (χ2n) is 9.35. The molecule has 1 aromatic heterocycles. The molecule has 3 aromatic carbocycles. The summed E-state index contributed by atoms with van der Waals surface area (Å²) in [6, 6.07) is 20.0. The molecule has 2 N–H and O–H groups in total. The van der Waals surface area contributed by atoms with Gasteiger partial charge in [-0.05, 0) is 87.6 Å². The van der Waals surface area contributed by atoms with Crippen LogP contribution in [0.2, 0.25) is 0 Å². The molecule has 0 bridgehead atoms. The van der Waals surface area contributed by atoms with Gasteiger partial charge in [0.15, 0.2) is 0 Å². The zero-order chi connectivity index (χ0) is 26.7. The number of hydrogen-bond acceptors (Lipinski definition) is 4. The van der Waals surface area contributed by atoms with Crippen LogP contribution in [0.1, 0.15) is 33.6 Å². The number of sulfonamides is 1. The zero-order valence-corrected chi connectivity index (χ0v) is 25.6. The molecule has 0 saturated carbocycles. The van der Waals surface area contributed by atoms with Gasteiger partial charge in [0.25, 0.3) is 10.0 Å². The number of aryl methyl sites for hydroxylation is 4. The fraction of sp³-hybridized carbons (Fsp3) is 0.241. The minimum atomic E-state index is -3.91. The summed E-state index contributed by atoms with van der Waals surface area (Å²) >= 11 is 0. The van der Waals surface area contributed by atoms with Crippen molar-refractivity contribution in [2.75, 3.05) is 6.54 Å². The van der Waals surface area contributed by atoms with Gasteiger partial charge in [-0.1, -0.05) is 48.0 Å². The number of hydrogen-bond donors (Lipinski definition) is 2. The van der Waals surface area contributed by atoms with Crippen molar-refractivity contribution in [3.05, 3.63) is 100 Å². The second kappa shape index (κ2) is 12.3. The molecule has 4 rings (SSSR count). The number of urea groups is 1. The van der Waals surface area contributed by atoms with Crippen molar-refractivity contribution >= 4 is 45.6 Å². The van der Waals surface area contributed by atoms with Crippen molar-refractivity contribution < 1.29 is 13.2 Å². The van der Waals surface area contributed by atoms with Crippen LogP contribution < -0.4 is 10.0 Å². The first-order chi connectivity index (χ1) is 17.5. The van der Waals surface area contributed by atoms with Crippen LogP contribution in [0.5, 0.6) is 0 Å². The number of rotatable bonds is 7. The fourth-order valence-electron chi connectivity index (χ4n) is 4.27. The molecule has 1 radical (unpaired) electrons. The Kier molecular flexibility index (Phi) is 9.59. The molecular formula is C29H32N4NaO3S. The normalized spacial score (nSPS) is 11.1. The van der Waals surface area contributed by atoms with Gasteiger partial charge in [0.05, 0.1) is 16.3 Å². The summed E-state index contributed by atoms with van der Waals surface area (Å²) in [5.74, 6) is 0. The van der Waals surface area contributed by atoms with E-state index in [4.69, 9.17) is 5.10 Å². The van der Waals surface area contributed by atoms with Crippen LogP contribution in [0.15, 0.2) is 71.6 Å². The van der Waals surface area contributed by atoms with E-state index in [-0.39, 0.29) is 34.5 Å². The summed E-state index contributed by atoms with van der Waals surface area (Å²) in [7, 11) is -3.91. The quantitative estimate of drug-likeness (QED) is 0.326. The summed E-state index contributed by atoms with van der Waals surface area (Å²) in [6.45, 7) is 10.5. The van der Waals surface area contributed by atoms with Crippen LogP contribution in [0.3, 0.4) is 0 Å². The van der Waals surface area contributed by atoms with E-state index in [0.29, 0.717) is 13.0 Å². The van der Waals surface area contributed by atoms with Crippen LogP contribution in [-0.2, 0) is 16.4 Å². The monoisotopic (exact) mass is 539 g/mol. The molecule has 193 valence electrons. The van der Waals surface area contributed by atoms with Crippen LogP contribution in [0, 0.1) is 34.6 Å². The number of amides is 2. The molecule has 0 aliphatic heterocycles. The van der Waals surface area contributed by atoms with Gasteiger partial charge in [0.2, 0.25) is 0 Å². The average molecular weight is 540 g/mol. The topological polar surface area (TPSA) is 93.1 Å². The van der Waals surface area contributed by atoms with E-state index in [1.165, 1.54) is 23.3 Å². The molecule has 0 spiro atoms. The third kappa shape index (κ3) is 6.74. The molecule has 0 aliphatic carbocycles. The van der Waals surface area contributed by atoms with Crippen molar-refractivity contribution in [3.8, 4) is 16.8 Å². The SMILES string of the molecule is Cc1ccc(S(=O)(=O)NC(=O)NCCc2ccc(-n3nc(C)c(-c4ccc(C)c(C)c4)c3C)cc2)cc1.[Na]. The third-order valence-corrected chi connectivity index (χ3v) is 7.87. The molecule has 7 nitrogen and oxygen atoms in total. The number of carbonyl (C=O) groups is 1. The van der Waals surface area contributed by atoms with Crippen LogP contribution in [0.25, 0.3) is 16.8 Å². The maximum Gasteiger partial charge on any atom is 0.328 e. The average Bonchev–Trinajstić information content (AvgIpc) is 3.15. The number of aromatic nitrogens is 2. The smallest absolute Gasteiger partial charge is 0.328 e. The van der Waals surface area contributed by atoms with E-state index in [2.05, 4.69) is 49.0 Å². The molecule has 1 heterocycles. The van der Waals surface area contributed by atoms with Crippen molar-refractivity contribution in [1.29, 1.82) is 0 Å². The summed E-state index contributed by atoms with van der Waals surface area (Å²) in [5, 5.41) is 7.40. The molecule has 0 aliphatic rings. The summed E-state index contributed by atoms with van der Waals surface area (Å²) in [5.41, 5.74) is 9.77. The first-order valence-electron chi connectivity index (χ1n) is 12.2. The minimum absolute atomic E-state index is 0. The van der Waals surface area contributed by atoms with Gasteiger partial charge >= 0.3 is 6.03 Å². The van der Waals surface area contributed by atoms with E-state index in [9.17, 15) is 13.2 Å². The van der Waals surface area contributed by atoms with Crippen LogP contribution >= 0.6 is 0 Å². The number of nitrogens with one attached hydrogen (secondary N) is 2. The molecule has 0 saturated heterocycles. The predicted octanol–water partition coefficient (Wildman–Crippen LogP) is 4.93. The molecule has 0 atom stereocenters. The van der Waals surface area contributed by atoms with Gasteiger partial charge in [-0.15, -0.1) is 0 Å². The molecule has 38 heavy (non-hydrogen) atoms. The molecular weight excluding hydrogens is 507 g/mol. The van der Waals surface area contributed by atoms with Gasteiger partial charge in [0, 0.05) is 47.4 Å². The standard InChI is InChI=1S/C29H32N4O3S.Na/c1-19-6-14-27(15-7-19)37(35,36)32-29(34)30-17-16-24-9-12-26(13-10-24)33-23(5)28(22(4)31-33)25-11-8-20(2)21(3)18-25;/h6-15,18H,16-17H2,1-5H3,(H2,30,32,34);. The first kappa shape index (κ1) is 29.6. The van der Waals surface area contributed by atoms with Gasteiger partial charge in [-0.25, -0.2) is 22.6 Å². The van der Waals surface area contributed by atoms with Gasteiger partial charge < -0.3 is 5.32 Å². The molecule has 2 amide bonds. The number of carbonyl (C=O) groups excluding carboxylic acids is 1. The van der Waals surface area contributed by atoms with Crippen molar-refractivity contribution in [3.63, 3.8) is 0 Å². The number of nitrogens with zero attached hydrogens (tertiary/aromatic N) is 2. The van der Waals surface area contributed by atoms with Crippen molar-refractivity contribution in [1.82, 2.24) is 19.8 Å². The van der Waals surface area contributed by atoms with Crippen molar-refractivity contribution in [2.24, 2.45) is 0 Å². The maximum absolute atomic E-state index is 12.4. The zero-order valence-electron chi connectivity index (χ0n) is 22.8. The Morgan fingerprint density at radius 2 is 1.53 bits per heavy atom. The van der Waals surface area contributed by atoms with E-state index in [0.717, 1.165) is 39.3 Å². The Morgan fingerprint density at radius 1 is 0.868 bits per heavy atom. The van der Waals surface area contributed by atoms with Crippen LogP contribution in [-0.4, -0.2) is 60.3 Å². The summed E-state index contributed by atoms with van der Waals surface area (Å²) in [6.07, 6.45) is 0.559. The Bertz CT molecular complexity index is 1540. The van der Waals surface area contributed by atoms with E-state index < -0.39 is 16.1 Å². The Morgan fingerprint density at radius 3 is 2.16 bits per heavy atom. The van der Waals surface area contributed by atoms with Crippen molar-refractivity contribution in [2.45, 2.75) is 45.9 Å². The molecule has 4 aromatic rings. The Balaban J connectivity index is 0.00000400. The van der Waals surface area contributed by atoms with Gasteiger partial charge in [-0.2, -0.15) is 5.10 Å². The molecule has 9 heteroatoms. The first-order valence-corrected chi connectivity index (χ1v) is 13.6. The van der Waals surface area contributed by atoms with E-state index in [1.54, 1.807) is 12.1 Å². The van der Waals surface area contributed by atoms with Crippen LogP contribution in [0.4, 0.5) is 4.79 Å². The third-order valence-electron chi connectivity index (χ3n) is 6.53. The molecule has 0 fully saturated rings. The maximum atomic E-state index is 12.4. The summed E-state index contributed by atoms with van der Waals surface area (Å²) < 4.78 is 28.7. The molecule has 0 unspecified atom stereocenters.